The Morgan fingerprint density at radius 3 is 2.09 bits per heavy atom. The van der Waals surface area contributed by atoms with Gasteiger partial charge in [-0.2, -0.15) is 0 Å². The molecular weight excluding hydrogens is 408 g/mol. The molecule has 3 rings (SSSR count). The van der Waals surface area contributed by atoms with Gasteiger partial charge in [-0.3, -0.25) is 9.59 Å². The quantitative estimate of drug-likeness (QED) is 0.420. The molecule has 1 N–H and O–H groups in total. The minimum absolute atomic E-state index is 0.0453. The number of nitrogens with one attached hydrogen (secondary N) is 1. The number of hydrogen-bond acceptors (Lipinski definition) is 2. The second-order valence-corrected chi connectivity index (χ2v) is 8.46. The Morgan fingerprint density at radius 1 is 0.848 bits per heavy atom. The number of carbonyl (C=O) groups is 2. The number of aryl methyl sites for hydroxylation is 1. The summed E-state index contributed by atoms with van der Waals surface area (Å²) in [5, 5.41) is 3.07. The van der Waals surface area contributed by atoms with Gasteiger partial charge in [0.15, 0.2) is 0 Å². The standard InChI is InChI=1S/C29H34N2O2/c1-3-4-19-30-29(33)27(20-24-14-7-5-8-15-24)31(22-26-18-12-11-13-23(26)2)28(32)21-25-16-9-6-10-17-25/h5-18,27H,3-4,19-22H2,1-2H3,(H,30,33)/t27-/m0/s1. The molecule has 0 aliphatic rings. The summed E-state index contributed by atoms with van der Waals surface area (Å²) in [6, 6.07) is 27.1. The molecule has 0 spiro atoms. The second-order valence-electron chi connectivity index (χ2n) is 8.46. The summed E-state index contributed by atoms with van der Waals surface area (Å²) in [6.07, 6.45) is 2.66. The fraction of sp³-hybridized carbons (Fsp3) is 0.310. The Balaban J connectivity index is 1.94. The largest absolute Gasteiger partial charge is 0.354 e. The van der Waals surface area contributed by atoms with Crippen LogP contribution >= 0.6 is 0 Å². The molecule has 0 saturated carbocycles. The van der Waals surface area contributed by atoms with Crippen LogP contribution in [0.25, 0.3) is 0 Å². The van der Waals surface area contributed by atoms with Crippen molar-refractivity contribution in [1.29, 1.82) is 0 Å². The molecule has 4 nitrogen and oxygen atoms in total. The van der Waals surface area contributed by atoms with Crippen molar-refractivity contribution in [1.82, 2.24) is 10.2 Å². The van der Waals surface area contributed by atoms with Crippen molar-refractivity contribution in [2.75, 3.05) is 6.54 Å². The highest BCUT2D eigenvalue weighted by atomic mass is 16.2. The van der Waals surface area contributed by atoms with Crippen LogP contribution in [0.2, 0.25) is 0 Å². The topological polar surface area (TPSA) is 49.4 Å². The third-order valence-electron chi connectivity index (χ3n) is 5.90. The number of benzene rings is 3. The number of nitrogens with zero attached hydrogens (tertiary/aromatic N) is 1. The SMILES string of the molecule is CCCCNC(=O)[C@H](Cc1ccccc1)N(Cc1ccccc1C)C(=O)Cc1ccccc1. The number of hydrogen-bond donors (Lipinski definition) is 1. The van der Waals surface area contributed by atoms with E-state index >= 15 is 0 Å². The van der Waals surface area contributed by atoms with Gasteiger partial charge in [-0.15, -0.1) is 0 Å². The predicted molar refractivity (Wildman–Crippen MR) is 134 cm³/mol. The molecule has 0 saturated heterocycles. The lowest BCUT2D eigenvalue weighted by atomic mass is 10.0. The molecule has 3 aromatic rings. The van der Waals surface area contributed by atoms with Gasteiger partial charge in [0.05, 0.1) is 6.42 Å². The molecule has 1 atom stereocenters. The van der Waals surface area contributed by atoms with Crippen LogP contribution in [0.15, 0.2) is 84.9 Å². The van der Waals surface area contributed by atoms with Gasteiger partial charge in [0.1, 0.15) is 6.04 Å². The molecule has 0 aliphatic carbocycles. The molecule has 0 aliphatic heterocycles. The average molecular weight is 443 g/mol. The molecule has 0 unspecified atom stereocenters. The van der Waals surface area contributed by atoms with E-state index in [0.29, 0.717) is 19.5 Å². The summed E-state index contributed by atoms with van der Waals surface area (Å²) < 4.78 is 0. The maximum Gasteiger partial charge on any atom is 0.243 e. The zero-order valence-electron chi connectivity index (χ0n) is 19.7. The highest BCUT2D eigenvalue weighted by Crippen LogP contribution is 2.18. The summed E-state index contributed by atoms with van der Waals surface area (Å²) >= 11 is 0. The van der Waals surface area contributed by atoms with E-state index in [-0.39, 0.29) is 18.2 Å². The predicted octanol–water partition coefficient (Wildman–Crippen LogP) is 5.09. The van der Waals surface area contributed by atoms with E-state index in [1.54, 1.807) is 4.90 Å². The van der Waals surface area contributed by atoms with Crippen molar-refractivity contribution >= 4 is 11.8 Å². The van der Waals surface area contributed by atoms with Crippen molar-refractivity contribution in [2.24, 2.45) is 0 Å². The van der Waals surface area contributed by atoms with Gasteiger partial charge in [-0.25, -0.2) is 0 Å². The smallest absolute Gasteiger partial charge is 0.243 e. The Hall–Kier alpha value is -3.40. The van der Waals surface area contributed by atoms with E-state index in [0.717, 1.165) is 35.1 Å². The first kappa shape index (κ1) is 24.2. The van der Waals surface area contributed by atoms with E-state index in [2.05, 4.69) is 12.2 Å². The third-order valence-corrected chi connectivity index (χ3v) is 5.90. The maximum atomic E-state index is 13.6. The lowest BCUT2D eigenvalue weighted by Gasteiger charge is -2.32. The minimum Gasteiger partial charge on any atom is -0.354 e. The Morgan fingerprint density at radius 2 is 1.45 bits per heavy atom. The highest BCUT2D eigenvalue weighted by Gasteiger charge is 2.30. The van der Waals surface area contributed by atoms with Crippen LogP contribution in [0.5, 0.6) is 0 Å². The van der Waals surface area contributed by atoms with E-state index in [4.69, 9.17) is 0 Å². The minimum atomic E-state index is -0.583. The summed E-state index contributed by atoms with van der Waals surface area (Å²) in [5.74, 6) is -0.140. The summed E-state index contributed by atoms with van der Waals surface area (Å²) in [6.45, 7) is 5.16. The van der Waals surface area contributed by atoms with Crippen LogP contribution in [0.4, 0.5) is 0 Å². The summed E-state index contributed by atoms with van der Waals surface area (Å²) in [7, 11) is 0. The number of unbranched alkanes of at least 4 members (excludes halogenated alkanes) is 1. The second kappa shape index (κ2) is 12.6. The average Bonchev–Trinajstić information content (AvgIpc) is 2.83. The third kappa shape index (κ3) is 7.31. The van der Waals surface area contributed by atoms with Crippen molar-refractivity contribution in [3.63, 3.8) is 0 Å². The molecule has 0 radical (unpaired) electrons. The van der Waals surface area contributed by atoms with Gasteiger partial charge in [-0.05, 0) is 35.6 Å². The summed E-state index contributed by atoms with van der Waals surface area (Å²) in [5.41, 5.74) is 4.15. The molecule has 172 valence electrons. The fourth-order valence-corrected chi connectivity index (χ4v) is 3.90. The number of rotatable bonds is 11. The zero-order valence-corrected chi connectivity index (χ0v) is 19.7. The fourth-order valence-electron chi connectivity index (χ4n) is 3.90. The van der Waals surface area contributed by atoms with Crippen molar-refractivity contribution in [2.45, 2.75) is 52.1 Å². The lowest BCUT2D eigenvalue weighted by Crippen LogP contribution is -2.51. The Labute approximate surface area is 197 Å². The van der Waals surface area contributed by atoms with Crippen LogP contribution in [0.3, 0.4) is 0 Å². The van der Waals surface area contributed by atoms with Gasteiger partial charge >= 0.3 is 0 Å². The Kier molecular flexibility index (Phi) is 9.25. The van der Waals surface area contributed by atoms with Crippen LogP contribution in [0, 0.1) is 6.92 Å². The molecule has 0 fully saturated rings. The molecular formula is C29H34N2O2. The summed E-state index contributed by atoms with van der Waals surface area (Å²) in [4.78, 5) is 28.8. The number of carbonyl (C=O) groups excluding carboxylic acids is 2. The van der Waals surface area contributed by atoms with Gasteiger partial charge in [0.25, 0.3) is 0 Å². The molecule has 4 heteroatoms. The highest BCUT2D eigenvalue weighted by molar-refractivity contribution is 5.88. The Bertz CT molecular complexity index is 1020. The monoisotopic (exact) mass is 442 g/mol. The van der Waals surface area contributed by atoms with Crippen LogP contribution in [-0.4, -0.2) is 29.3 Å². The first-order chi connectivity index (χ1) is 16.1. The van der Waals surface area contributed by atoms with Gasteiger partial charge in [-0.1, -0.05) is 98.3 Å². The first-order valence-corrected chi connectivity index (χ1v) is 11.8. The van der Waals surface area contributed by atoms with Gasteiger partial charge in [0.2, 0.25) is 11.8 Å². The first-order valence-electron chi connectivity index (χ1n) is 11.8. The molecule has 0 aromatic heterocycles. The maximum absolute atomic E-state index is 13.6. The molecule has 0 bridgehead atoms. The van der Waals surface area contributed by atoms with Crippen molar-refractivity contribution in [3.05, 3.63) is 107 Å². The molecule has 0 heterocycles. The lowest BCUT2D eigenvalue weighted by molar-refractivity contribution is -0.140. The van der Waals surface area contributed by atoms with Crippen LogP contribution < -0.4 is 5.32 Å². The molecule has 3 aromatic carbocycles. The van der Waals surface area contributed by atoms with E-state index in [9.17, 15) is 9.59 Å². The van der Waals surface area contributed by atoms with Crippen LogP contribution in [0.1, 0.15) is 42.0 Å². The van der Waals surface area contributed by atoms with Crippen LogP contribution in [-0.2, 0) is 29.0 Å². The zero-order chi connectivity index (χ0) is 23.5. The molecule has 2 amide bonds. The van der Waals surface area contributed by atoms with E-state index < -0.39 is 6.04 Å². The van der Waals surface area contributed by atoms with Gasteiger partial charge in [0, 0.05) is 19.5 Å². The normalized spacial score (nSPS) is 11.6. The van der Waals surface area contributed by atoms with Gasteiger partial charge < -0.3 is 10.2 Å². The van der Waals surface area contributed by atoms with E-state index in [1.165, 1.54) is 0 Å². The number of amides is 2. The molecule has 33 heavy (non-hydrogen) atoms. The van der Waals surface area contributed by atoms with E-state index in [1.807, 2.05) is 91.9 Å². The van der Waals surface area contributed by atoms with Crippen molar-refractivity contribution in [3.8, 4) is 0 Å². The van der Waals surface area contributed by atoms with Crippen molar-refractivity contribution < 1.29 is 9.59 Å².